The Morgan fingerprint density at radius 3 is 2.25 bits per heavy atom. The predicted molar refractivity (Wildman–Crippen MR) is 51.0 cm³/mol. The minimum Gasteiger partial charge on any atom is -0.393 e. The Morgan fingerprint density at radius 2 is 1.75 bits per heavy atom. The Balaban J connectivity index is 2.53. The summed E-state index contributed by atoms with van der Waals surface area (Å²) < 4.78 is 0. The third-order valence-electron chi connectivity index (χ3n) is 2.06. The van der Waals surface area contributed by atoms with Gasteiger partial charge in [-0.05, 0) is 17.9 Å². The minimum absolute atomic E-state index is 0.215. The highest BCUT2D eigenvalue weighted by Crippen LogP contribution is 2.09. The molecule has 0 unspecified atom stereocenters. The van der Waals surface area contributed by atoms with Gasteiger partial charge in [0.25, 0.3) is 0 Å². The zero-order valence-electron chi connectivity index (χ0n) is 7.70. The Kier molecular flexibility index (Phi) is 3.30. The van der Waals surface area contributed by atoms with Crippen molar-refractivity contribution >= 4 is 0 Å². The summed E-state index contributed by atoms with van der Waals surface area (Å²) in [6, 6.07) is 10.1. The fourth-order valence-corrected chi connectivity index (χ4v) is 1.09. The Morgan fingerprint density at radius 1 is 1.17 bits per heavy atom. The maximum atomic E-state index is 9.58. The van der Waals surface area contributed by atoms with Crippen molar-refractivity contribution in [3.63, 3.8) is 0 Å². The maximum absolute atomic E-state index is 9.58. The second kappa shape index (κ2) is 4.27. The van der Waals surface area contributed by atoms with Gasteiger partial charge in [0.15, 0.2) is 0 Å². The van der Waals surface area contributed by atoms with Crippen molar-refractivity contribution in [1.29, 1.82) is 0 Å². The van der Waals surface area contributed by atoms with Gasteiger partial charge in [-0.2, -0.15) is 0 Å². The van der Waals surface area contributed by atoms with E-state index < -0.39 is 0 Å². The number of aliphatic hydroxyl groups is 1. The second-order valence-electron chi connectivity index (χ2n) is 3.50. The molecule has 12 heavy (non-hydrogen) atoms. The van der Waals surface area contributed by atoms with E-state index in [9.17, 15) is 5.11 Å². The number of aliphatic hydroxyl groups excluding tert-OH is 1. The van der Waals surface area contributed by atoms with Gasteiger partial charge in [-0.25, -0.2) is 0 Å². The zero-order chi connectivity index (χ0) is 8.97. The van der Waals surface area contributed by atoms with Crippen LogP contribution < -0.4 is 0 Å². The fourth-order valence-electron chi connectivity index (χ4n) is 1.09. The molecule has 0 aromatic heterocycles. The number of hydrogen-bond acceptors (Lipinski definition) is 1. The number of rotatable bonds is 3. The van der Waals surface area contributed by atoms with E-state index in [-0.39, 0.29) is 6.10 Å². The fraction of sp³-hybridized carbons (Fsp3) is 0.455. The van der Waals surface area contributed by atoms with Crippen LogP contribution in [0, 0.1) is 5.92 Å². The molecule has 0 bridgehead atoms. The van der Waals surface area contributed by atoms with Crippen LogP contribution in [0.2, 0.25) is 0 Å². The van der Waals surface area contributed by atoms with Gasteiger partial charge in [0, 0.05) is 0 Å². The molecule has 0 saturated heterocycles. The summed E-state index contributed by atoms with van der Waals surface area (Å²) in [5, 5.41) is 9.58. The van der Waals surface area contributed by atoms with Gasteiger partial charge in [-0.3, -0.25) is 0 Å². The molecular weight excluding hydrogens is 148 g/mol. The Bertz CT molecular complexity index is 216. The molecule has 0 heterocycles. The largest absolute Gasteiger partial charge is 0.393 e. The summed E-state index contributed by atoms with van der Waals surface area (Å²) in [6.07, 6.45) is 0.547. The first-order chi connectivity index (χ1) is 5.70. The van der Waals surface area contributed by atoms with Crippen LogP contribution >= 0.6 is 0 Å². The van der Waals surface area contributed by atoms with Crippen LogP contribution in [0.3, 0.4) is 0 Å². The minimum atomic E-state index is -0.215. The monoisotopic (exact) mass is 164 g/mol. The van der Waals surface area contributed by atoms with Crippen molar-refractivity contribution in [2.45, 2.75) is 26.4 Å². The average molecular weight is 164 g/mol. The zero-order valence-corrected chi connectivity index (χ0v) is 7.70. The molecule has 0 aliphatic carbocycles. The maximum Gasteiger partial charge on any atom is 0.0603 e. The van der Waals surface area contributed by atoms with E-state index >= 15 is 0 Å². The van der Waals surface area contributed by atoms with Crippen LogP contribution in [0.5, 0.6) is 0 Å². The Labute approximate surface area is 74.1 Å². The lowest BCUT2D eigenvalue weighted by atomic mass is 10.00. The van der Waals surface area contributed by atoms with Crippen LogP contribution in [-0.2, 0) is 6.42 Å². The standard InChI is InChI=1S/C11H16O/c1-9(2)11(12)8-10-6-4-3-5-7-10/h3-7,9,11-12H,8H2,1-2H3/t11-/m0/s1. The lowest BCUT2D eigenvalue weighted by Crippen LogP contribution is -2.17. The summed E-state index contributed by atoms with van der Waals surface area (Å²) in [4.78, 5) is 0. The molecule has 1 rings (SSSR count). The lowest BCUT2D eigenvalue weighted by Gasteiger charge is -2.13. The topological polar surface area (TPSA) is 20.2 Å². The summed E-state index contributed by atoms with van der Waals surface area (Å²) in [6.45, 7) is 4.07. The van der Waals surface area contributed by atoms with Gasteiger partial charge in [-0.15, -0.1) is 0 Å². The van der Waals surface area contributed by atoms with Gasteiger partial charge < -0.3 is 5.11 Å². The molecule has 0 fully saturated rings. The van der Waals surface area contributed by atoms with Gasteiger partial charge in [-0.1, -0.05) is 44.2 Å². The van der Waals surface area contributed by atoms with Crippen molar-refractivity contribution < 1.29 is 5.11 Å². The van der Waals surface area contributed by atoms with Crippen LogP contribution in [-0.4, -0.2) is 11.2 Å². The van der Waals surface area contributed by atoms with E-state index in [4.69, 9.17) is 0 Å². The Hall–Kier alpha value is -0.820. The molecular formula is C11H16O. The normalized spacial score (nSPS) is 13.3. The predicted octanol–water partition coefficient (Wildman–Crippen LogP) is 2.25. The molecule has 66 valence electrons. The smallest absolute Gasteiger partial charge is 0.0603 e. The second-order valence-corrected chi connectivity index (χ2v) is 3.50. The molecule has 0 spiro atoms. The van der Waals surface area contributed by atoms with Gasteiger partial charge in [0.2, 0.25) is 0 Å². The molecule has 0 amide bonds. The number of benzene rings is 1. The van der Waals surface area contributed by atoms with Crippen molar-refractivity contribution in [3.05, 3.63) is 35.9 Å². The third-order valence-corrected chi connectivity index (χ3v) is 2.06. The summed E-state index contributed by atoms with van der Waals surface area (Å²) in [5.74, 6) is 0.338. The lowest BCUT2D eigenvalue weighted by molar-refractivity contribution is 0.126. The van der Waals surface area contributed by atoms with E-state index in [0.717, 1.165) is 6.42 Å². The van der Waals surface area contributed by atoms with E-state index in [0.29, 0.717) is 5.92 Å². The van der Waals surface area contributed by atoms with E-state index in [1.54, 1.807) is 0 Å². The molecule has 0 aliphatic rings. The van der Waals surface area contributed by atoms with E-state index in [1.807, 2.05) is 44.2 Å². The van der Waals surface area contributed by atoms with Crippen LogP contribution in [0.15, 0.2) is 30.3 Å². The highest BCUT2D eigenvalue weighted by molar-refractivity contribution is 5.15. The molecule has 1 atom stereocenters. The van der Waals surface area contributed by atoms with Crippen LogP contribution in [0.25, 0.3) is 0 Å². The van der Waals surface area contributed by atoms with Crippen LogP contribution in [0.1, 0.15) is 19.4 Å². The molecule has 0 aliphatic heterocycles. The van der Waals surface area contributed by atoms with Gasteiger partial charge >= 0.3 is 0 Å². The van der Waals surface area contributed by atoms with Crippen molar-refractivity contribution in [1.82, 2.24) is 0 Å². The first-order valence-electron chi connectivity index (χ1n) is 4.42. The molecule has 1 heteroatoms. The first-order valence-corrected chi connectivity index (χ1v) is 4.42. The molecule has 1 aromatic rings. The molecule has 1 aromatic carbocycles. The number of hydrogen-bond donors (Lipinski definition) is 1. The van der Waals surface area contributed by atoms with Gasteiger partial charge in [0.1, 0.15) is 0 Å². The van der Waals surface area contributed by atoms with Crippen molar-refractivity contribution in [2.24, 2.45) is 5.92 Å². The summed E-state index contributed by atoms with van der Waals surface area (Å²) >= 11 is 0. The highest BCUT2D eigenvalue weighted by Gasteiger charge is 2.08. The van der Waals surface area contributed by atoms with Crippen molar-refractivity contribution in [3.8, 4) is 0 Å². The highest BCUT2D eigenvalue weighted by atomic mass is 16.3. The van der Waals surface area contributed by atoms with Crippen LogP contribution in [0.4, 0.5) is 0 Å². The van der Waals surface area contributed by atoms with Crippen molar-refractivity contribution in [2.75, 3.05) is 0 Å². The SMILES string of the molecule is CC(C)[C@@H](O)Cc1ccccc1. The molecule has 0 radical (unpaired) electrons. The molecule has 1 N–H and O–H groups in total. The van der Waals surface area contributed by atoms with E-state index in [1.165, 1.54) is 5.56 Å². The summed E-state index contributed by atoms with van der Waals surface area (Å²) in [5.41, 5.74) is 1.21. The summed E-state index contributed by atoms with van der Waals surface area (Å²) in [7, 11) is 0. The van der Waals surface area contributed by atoms with E-state index in [2.05, 4.69) is 0 Å². The molecule has 0 saturated carbocycles. The quantitative estimate of drug-likeness (QED) is 0.726. The first kappa shape index (κ1) is 9.27. The average Bonchev–Trinajstić information content (AvgIpc) is 2.06. The third kappa shape index (κ3) is 2.67. The molecule has 1 nitrogen and oxygen atoms in total. The van der Waals surface area contributed by atoms with Gasteiger partial charge in [0.05, 0.1) is 6.10 Å².